The molecule has 112 valence electrons. The molecule has 4 N–H and O–H groups in total. The van der Waals surface area contributed by atoms with Crippen molar-refractivity contribution in [2.45, 2.75) is 32.6 Å². The van der Waals surface area contributed by atoms with Gasteiger partial charge in [0.25, 0.3) is 0 Å². The molecule has 0 amide bonds. The van der Waals surface area contributed by atoms with Gasteiger partial charge >= 0.3 is 13.6 Å². The van der Waals surface area contributed by atoms with Crippen LogP contribution in [0.15, 0.2) is 24.3 Å². The third kappa shape index (κ3) is 5.84. The van der Waals surface area contributed by atoms with Gasteiger partial charge in [0.1, 0.15) is 6.04 Å². The Morgan fingerprint density at radius 3 is 2.40 bits per heavy atom. The van der Waals surface area contributed by atoms with E-state index in [0.717, 1.165) is 5.56 Å². The van der Waals surface area contributed by atoms with Crippen LogP contribution in [0.2, 0.25) is 0 Å². The fraction of sp³-hybridized carbons (Fsp3) is 0.462. The van der Waals surface area contributed by atoms with Crippen LogP contribution in [0.3, 0.4) is 0 Å². The van der Waals surface area contributed by atoms with Gasteiger partial charge in [0.05, 0.1) is 6.16 Å². The van der Waals surface area contributed by atoms with Crippen LogP contribution in [-0.4, -0.2) is 26.9 Å². The lowest BCUT2D eigenvalue weighted by atomic mass is 10.0. The first-order valence-corrected chi connectivity index (χ1v) is 8.07. The molecular formula is C13H20NO5P. The maximum absolute atomic E-state index is 11.1. The number of benzene rings is 1. The number of carbonyl (C=O) groups is 1. The number of hydrogen-bond donors (Lipinski definition) is 4. The van der Waals surface area contributed by atoms with E-state index in [1.54, 1.807) is 24.3 Å². The van der Waals surface area contributed by atoms with Gasteiger partial charge < -0.3 is 20.2 Å². The Morgan fingerprint density at radius 1 is 1.30 bits per heavy atom. The molecule has 1 atom stereocenters. The zero-order valence-electron chi connectivity index (χ0n) is 11.5. The zero-order valence-corrected chi connectivity index (χ0v) is 12.4. The fourth-order valence-corrected chi connectivity index (χ4v) is 2.58. The van der Waals surface area contributed by atoms with Crippen molar-refractivity contribution in [3.63, 3.8) is 0 Å². The maximum atomic E-state index is 11.1. The molecule has 1 rings (SSSR count). The average molecular weight is 301 g/mol. The normalized spacial score (nSPS) is 13.4. The van der Waals surface area contributed by atoms with Gasteiger partial charge in [0.15, 0.2) is 0 Å². The number of nitrogens with one attached hydrogen (secondary N) is 1. The van der Waals surface area contributed by atoms with Crippen LogP contribution < -0.4 is 5.32 Å². The molecule has 0 saturated carbocycles. The summed E-state index contributed by atoms with van der Waals surface area (Å²) in [6.07, 6.45) is -0.312. The van der Waals surface area contributed by atoms with Crippen LogP contribution in [0, 0.1) is 5.92 Å². The molecule has 0 heterocycles. The molecule has 0 fully saturated rings. The van der Waals surface area contributed by atoms with Gasteiger partial charge in [-0.15, -0.1) is 0 Å². The van der Waals surface area contributed by atoms with E-state index >= 15 is 0 Å². The summed E-state index contributed by atoms with van der Waals surface area (Å²) < 4.78 is 11.0. The van der Waals surface area contributed by atoms with Crippen molar-refractivity contribution in [1.29, 1.82) is 0 Å². The van der Waals surface area contributed by atoms with Gasteiger partial charge in [-0.25, -0.2) is 0 Å². The summed E-state index contributed by atoms with van der Waals surface area (Å²) in [4.78, 5) is 28.9. The van der Waals surface area contributed by atoms with Crippen molar-refractivity contribution in [2.24, 2.45) is 5.92 Å². The first-order valence-electron chi connectivity index (χ1n) is 6.27. The van der Waals surface area contributed by atoms with Crippen molar-refractivity contribution in [3.05, 3.63) is 35.4 Å². The van der Waals surface area contributed by atoms with E-state index in [0.29, 0.717) is 12.1 Å². The molecule has 1 aromatic carbocycles. The van der Waals surface area contributed by atoms with Crippen molar-refractivity contribution in [2.75, 3.05) is 0 Å². The van der Waals surface area contributed by atoms with Crippen LogP contribution in [0.5, 0.6) is 0 Å². The molecule has 0 radical (unpaired) electrons. The van der Waals surface area contributed by atoms with Crippen LogP contribution in [0.1, 0.15) is 25.0 Å². The second kappa shape index (κ2) is 6.99. The molecule has 20 heavy (non-hydrogen) atoms. The molecule has 0 spiro atoms. The van der Waals surface area contributed by atoms with Gasteiger partial charge in [-0.2, -0.15) is 0 Å². The highest BCUT2D eigenvalue weighted by Gasteiger charge is 2.20. The van der Waals surface area contributed by atoms with Crippen molar-refractivity contribution >= 4 is 13.6 Å². The molecule has 0 aliphatic heterocycles. The van der Waals surface area contributed by atoms with Crippen LogP contribution in [-0.2, 0) is 22.1 Å². The van der Waals surface area contributed by atoms with Gasteiger partial charge in [0, 0.05) is 6.54 Å². The monoisotopic (exact) mass is 301 g/mol. The summed E-state index contributed by atoms with van der Waals surface area (Å²) in [7, 11) is -4.09. The summed E-state index contributed by atoms with van der Waals surface area (Å²) in [6, 6.07) is 6.15. The lowest BCUT2D eigenvalue weighted by molar-refractivity contribution is -0.140. The minimum absolute atomic E-state index is 0.0502. The predicted molar refractivity (Wildman–Crippen MR) is 75.3 cm³/mol. The predicted octanol–water partition coefficient (Wildman–Crippen LogP) is 1.56. The highest BCUT2D eigenvalue weighted by Crippen LogP contribution is 2.39. The molecule has 1 aromatic rings. The zero-order chi connectivity index (χ0) is 15.3. The topological polar surface area (TPSA) is 107 Å². The number of hydrogen-bond acceptors (Lipinski definition) is 3. The second-order valence-electron chi connectivity index (χ2n) is 5.08. The van der Waals surface area contributed by atoms with Crippen molar-refractivity contribution in [1.82, 2.24) is 5.32 Å². The molecule has 0 aliphatic carbocycles. The number of rotatable bonds is 7. The van der Waals surface area contributed by atoms with Crippen LogP contribution in [0.4, 0.5) is 0 Å². The Kier molecular flexibility index (Phi) is 5.89. The van der Waals surface area contributed by atoms with E-state index in [-0.39, 0.29) is 12.1 Å². The molecule has 6 nitrogen and oxygen atoms in total. The first-order chi connectivity index (χ1) is 9.19. The summed E-state index contributed by atoms with van der Waals surface area (Å²) in [6.45, 7) is 3.97. The Bertz CT molecular complexity index is 511. The number of carboxylic acids is 1. The fourth-order valence-electron chi connectivity index (χ4n) is 1.91. The van der Waals surface area contributed by atoms with Gasteiger partial charge in [-0.05, 0) is 17.0 Å². The Hall–Kier alpha value is -1.20. The standard InChI is InChI=1S/C13H20NO5P/c1-9(2)12(13(15)16)14-7-10-4-3-5-11(6-10)8-20(17,18)19/h3-6,9,12,14H,7-8H2,1-2H3,(H,15,16)(H2,17,18,19)/t12-/m1/s1. The van der Waals surface area contributed by atoms with Crippen LogP contribution >= 0.6 is 7.60 Å². The third-order valence-electron chi connectivity index (χ3n) is 2.84. The Morgan fingerprint density at radius 2 is 1.90 bits per heavy atom. The largest absolute Gasteiger partial charge is 0.480 e. The molecule has 0 saturated heterocycles. The van der Waals surface area contributed by atoms with Gasteiger partial charge in [-0.1, -0.05) is 38.1 Å². The molecule has 0 aromatic heterocycles. The van der Waals surface area contributed by atoms with E-state index in [9.17, 15) is 9.36 Å². The molecule has 0 bridgehead atoms. The summed E-state index contributed by atoms with van der Waals surface area (Å²) in [5, 5.41) is 12.0. The summed E-state index contributed by atoms with van der Waals surface area (Å²) >= 11 is 0. The minimum Gasteiger partial charge on any atom is -0.480 e. The average Bonchev–Trinajstić information content (AvgIpc) is 2.26. The number of carboxylic acid groups (broad SMARTS) is 1. The molecule has 7 heteroatoms. The quantitative estimate of drug-likeness (QED) is 0.569. The third-order valence-corrected chi connectivity index (χ3v) is 3.62. The highest BCUT2D eigenvalue weighted by molar-refractivity contribution is 7.50. The SMILES string of the molecule is CC(C)[C@@H](NCc1cccc(CP(=O)(O)O)c1)C(=O)O. The molecule has 0 unspecified atom stereocenters. The Balaban J connectivity index is 2.71. The summed E-state index contributed by atoms with van der Waals surface area (Å²) in [5.41, 5.74) is 1.33. The maximum Gasteiger partial charge on any atom is 0.329 e. The van der Waals surface area contributed by atoms with E-state index < -0.39 is 19.6 Å². The van der Waals surface area contributed by atoms with Crippen LogP contribution in [0.25, 0.3) is 0 Å². The van der Waals surface area contributed by atoms with E-state index in [1.807, 2.05) is 13.8 Å². The smallest absolute Gasteiger partial charge is 0.329 e. The highest BCUT2D eigenvalue weighted by atomic mass is 31.2. The van der Waals surface area contributed by atoms with E-state index in [2.05, 4.69) is 5.32 Å². The van der Waals surface area contributed by atoms with E-state index in [1.165, 1.54) is 0 Å². The van der Waals surface area contributed by atoms with Crippen molar-refractivity contribution in [3.8, 4) is 0 Å². The minimum atomic E-state index is -4.09. The Labute approximate surface area is 118 Å². The first kappa shape index (κ1) is 16.9. The second-order valence-corrected chi connectivity index (χ2v) is 6.73. The van der Waals surface area contributed by atoms with E-state index in [4.69, 9.17) is 14.9 Å². The molecule has 0 aliphatic rings. The lowest BCUT2D eigenvalue weighted by Crippen LogP contribution is -2.40. The molecular weight excluding hydrogens is 281 g/mol. The summed E-state index contributed by atoms with van der Waals surface area (Å²) in [5.74, 6) is -0.961. The van der Waals surface area contributed by atoms with Gasteiger partial charge in [-0.3, -0.25) is 9.36 Å². The lowest BCUT2D eigenvalue weighted by Gasteiger charge is -2.18. The van der Waals surface area contributed by atoms with Crippen molar-refractivity contribution < 1.29 is 24.3 Å². The van der Waals surface area contributed by atoms with Gasteiger partial charge in [0.2, 0.25) is 0 Å². The number of aliphatic carboxylic acids is 1.